The van der Waals surface area contributed by atoms with E-state index in [0.717, 1.165) is 11.0 Å². The summed E-state index contributed by atoms with van der Waals surface area (Å²) in [6.45, 7) is 0. The maximum Gasteiger partial charge on any atom is 0.169 e. The Morgan fingerprint density at radius 1 is 1.67 bits per heavy atom. The monoisotopic (exact) mass is 144 g/mol. The van der Waals surface area contributed by atoms with E-state index in [2.05, 4.69) is 4.74 Å². The lowest BCUT2D eigenvalue weighted by Crippen LogP contribution is -1.68. The fraction of sp³-hybridized carbons (Fsp3) is 1.00. The minimum atomic E-state index is -0.132. The first-order valence-electron chi connectivity index (χ1n) is 1.41. The van der Waals surface area contributed by atoms with Gasteiger partial charge in [-0.05, 0) is 21.7 Å². The van der Waals surface area contributed by atoms with Crippen molar-refractivity contribution in [2.24, 2.45) is 0 Å². The smallest absolute Gasteiger partial charge is 0.169 e. The highest BCUT2D eigenvalue weighted by Crippen LogP contribution is 2.37. The molecule has 1 aliphatic rings. The van der Waals surface area contributed by atoms with Crippen molar-refractivity contribution in [3.8, 4) is 0 Å². The lowest BCUT2D eigenvalue weighted by atomic mass is 11.0. The van der Waals surface area contributed by atoms with Crippen LogP contribution in [0.4, 0.5) is 0 Å². The number of epoxide rings is 1. The maximum atomic E-state index is 5.32. The van der Waals surface area contributed by atoms with Crippen LogP contribution in [0.3, 0.4) is 0 Å². The number of rotatable bonds is 1. The van der Waals surface area contributed by atoms with Crippen LogP contribution in [0.15, 0.2) is 0 Å². The summed E-state index contributed by atoms with van der Waals surface area (Å²) in [6.07, 6.45) is 0. The van der Waals surface area contributed by atoms with Gasteiger partial charge in [-0.25, -0.2) is 0 Å². The molecule has 36 valence electrons. The van der Waals surface area contributed by atoms with Gasteiger partial charge in [0.05, 0.1) is 0 Å². The third kappa shape index (κ3) is 0.936. The first kappa shape index (κ1) is 5.04. The van der Waals surface area contributed by atoms with Gasteiger partial charge in [-0.2, -0.15) is 0 Å². The van der Waals surface area contributed by atoms with Crippen molar-refractivity contribution in [3.05, 3.63) is 0 Å². The SMILES string of the molecule is ClSC1OC1Cl. The van der Waals surface area contributed by atoms with Crippen LogP contribution in [0.2, 0.25) is 0 Å². The van der Waals surface area contributed by atoms with Crippen LogP contribution in [0.1, 0.15) is 0 Å². The van der Waals surface area contributed by atoms with Crippen molar-refractivity contribution in [2.75, 3.05) is 0 Å². The summed E-state index contributed by atoms with van der Waals surface area (Å²) in [5, 5.41) is 0. The van der Waals surface area contributed by atoms with E-state index in [1.807, 2.05) is 0 Å². The molecule has 0 saturated carbocycles. The van der Waals surface area contributed by atoms with Gasteiger partial charge < -0.3 is 4.74 Å². The van der Waals surface area contributed by atoms with Gasteiger partial charge in [0, 0.05) is 0 Å². The predicted octanol–water partition coefficient (Wildman–Crippen LogP) is 1.79. The van der Waals surface area contributed by atoms with Crippen LogP contribution >= 0.6 is 33.3 Å². The normalized spacial score (nSPS) is 43.0. The molecule has 2 unspecified atom stereocenters. The van der Waals surface area contributed by atoms with Crippen molar-refractivity contribution in [3.63, 3.8) is 0 Å². The largest absolute Gasteiger partial charge is 0.340 e. The van der Waals surface area contributed by atoms with E-state index in [1.165, 1.54) is 0 Å². The van der Waals surface area contributed by atoms with E-state index in [9.17, 15) is 0 Å². The van der Waals surface area contributed by atoms with E-state index in [-0.39, 0.29) is 11.0 Å². The second-order valence-corrected chi connectivity index (χ2v) is 2.55. The lowest BCUT2D eigenvalue weighted by molar-refractivity contribution is 0.444. The summed E-state index contributed by atoms with van der Waals surface area (Å²) in [7, 11) is 6.32. The van der Waals surface area contributed by atoms with E-state index in [0.29, 0.717) is 0 Å². The Balaban J connectivity index is 2.09. The van der Waals surface area contributed by atoms with Crippen LogP contribution in [0.25, 0.3) is 0 Å². The Morgan fingerprint density at radius 2 is 2.17 bits per heavy atom. The van der Waals surface area contributed by atoms with Gasteiger partial charge in [0.25, 0.3) is 0 Å². The molecule has 0 amide bonds. The molecule has 4 heteroatoms. The maximum absolute atomic E-state index is 5.32. The molecular formula is C2H2Cl2OS. The van der Waals surface area contributed by atoms with E-state index in [1.54, 1.807) is 0 Å². The molecular weight excluding hydrogens is 143 g/mol. The summed E-state index contributed by atoms with van der Waals surface area (Å²) in [5.41, 5.74) is -0.0826. The molecule has 0 aromatic rings. The van der Waals surface area contributed by atoms with Crippen LogP contribution in [0.5, 0.6) is 0 Å². The van der Waals surface area contributed by atoms with E-state index >= 15 is 0 Å². The first-order chi connectivity index (χ1) is 2.84. The lowest BCUT2D eigenvalue weighted by Gasteiger charge is -1.68. The minimum absolute atomic E-state index is 0.0494. The number of halogens is 2. The molecule has 1 saturated heterocycles. The molecule has 6 heavy (non-hydrogen) atoms. The highest BCUT2D eigenvalue weighted by atomic mass is 35.7. The Bertz CT molecular complexity index is 57.5. The number of hydrogen-bond acceptors (Lipinski definition) is 2. The third-order valence-electron chi connectivity index (χ3n) is 0.489. The van der Waals surface area contributed by atoms with Gasteiger partial charge in [0.2, 0.25) is 0 Å². The summed E-state index contributed by atoms with van der Waals surface area (Å²) >= 11 is 5.32. The van der Waals surface area contributed by atoms with Gasteiger partial charge in [0.15, 0.2) is 11.0 Å². The van der Waals surface area contributed by atoms with Gasteiger partial charge in [-0.3, -0.25) is 0 Å². The zero-order chi connectivity index (χ0) is 4.57. The molecule has 2 atom stereocenters. The van der Waals surface area contributed by atoms with Crippen molar-refractivity contribution < 1.29 is 4.74 Å². The second kappa shape index (κ2) is 1.78. The Hall–Kier alpha value is 0.890. The average Bonchev–Trinajstić information content (AvgIpc) is 2.19. The van der Waals surface area contributed by atoms with E-state index < -0.39 is 0 Å². The van der Waals surface area contributed by atoms with Gasteiger partial charge in [0.1, 0.15) is 0 Å². The second-order valence-electron chi connectivity index (χ2n) is 0.945. The van der Waals surface area contributed by atoms with Crippen LogP contribution in [0, 0.1) is 0 Å². The Labute approximate surface area is 49.4 Å². The molecule has 0 radical (unpaired) electrons. The Morgan fingerprint density at radius 3 is 2.17 bits per heavy atom. The molecule has 0 aromatic carbocycles. The molecule has 0 aromatic heterocycles. The first-order valence-corrected chi connectivity index (χ1v) is 3.56. The molecule has 0 aliphatic carbocycles. The van der Waals surface area contributed by atoms with Crippen LogP contribution in [-0.4, -0.2) is 11.0 Å². The summed E-state index contributed by atoms with van der Waals surface area (Å²) in [5.74, 6) is 0. The zero-order valence-electron chi connectivity index (χ0n) is 2.73. The Kier molecular flexibility index (Phi) is 1.50. The molecule has 1 fully saturated rings. The topological polar surface area (TPSA) is 12.5 Å². The van der Waals surface area contributed by atoms with E-state index in [4.69, 9.17) is 22.3 Å². The molecule has 1 heterocycles. The summed E-state index contributed by atoms with van der Waals surface area (Å²) < 4.78 is 4.66. The quantitative estimate of drug-likeness (QED) is 0.412. The fourth-order valence-electron chi connectivity index (χ4n) is 0.144. The molecule has 1 nitrogen and oxygen atoms in total. The van der Waals surface area contributed by atoms with Crippen molar-refractivity contribution >= 4 is 33.3 Å². The number of hydrogen-bond donors (Lipinski definition) is 0. The fourth-order valence-corrected chi connectivity index (χ4v) is 1.28. The van der Waals surface area contributed by atoms with Crippen LogP contribution in [-0.2, 0) is 4.74 Å². The van der Waals surface area contributed by atoms with Gasteiger partial charge in [-0.1, -0.05) is 11.6 Å². The highest BCUT2D eigenvalue weighted by molar-refractivity contribution is 8.21. The van der Waals surface area contributed by atoms with Crippen LogP contribution < -0.4 is 0 Å². The standard InChI is InChI=1S/C2H2Cl2OS/c3-1-2(5-1)6-4/h1-2H. The predicted molar refractivity (Wildman–Crippen MR) is 28.0 cm³/mol. The van der Waals surface area contributed by atoms with Crippen molar-refractivity contribution in [1.29, 1.82) is 0 Å². The van der Waals surface area contributed by atoms with Gasteiger partial charge >= 0.3 is 0 Å². The molecule has 1 aliphatic heterocycles. The number of alkyl halides is 1. The minimum Gasteiger partial charge on any atom is -0.340 e. The zero-order valence-corrected chi connectivity index (χ0v) is 5.06. The highest BCUT2D eigenvalue weighted by Gasteiger charge is 2.36. The van der Waals surface area contributed by atoms with Crippen molar-refractivity contribution in [2.45, 2.75) is 11.0 Å². The molecule has 0 bridgehead atoms. The average molecular weight is 145 g/mol. The molecule has 1 rings (SSSR count). The molecule has 0 N–H and O–H groups in total. The summed E-state index contributed by atoms with van der Waals surface area (Å²) in [6, 6.07) is 0. The summed E-state index contributed by atoms with van der Waals surface area (Å²) in [4.78, 5) is 0. The molecule has 0 spiro atoms. The third-order valence-corrected chi connectivity index (χ3v) is 2.03. The van der Waals surface area contributed by atoms with Crippen molar-refractivity contribution in [1.82, 2.24) is 0 Å². The van der Waals surface area contributed by atoms with Gasteiger partial charge in [-0.15, -0.1) is 0 Å². The number of ether oxygens (including phenoxy) is 1.